The number of nitrogens with one attached hydrogen (secondary N) is 2. The van der Waals surface area contributed by atoms with Gasteiger partial charge < -0.3 is 25.2 Å². The van der Waals surface area contributed by atoms with E-state index in [1.54, 1.807) is 7.11 Å². The fraction of sp³-hybridized carbons (Fsp3) is 0.560. The van der Waals surface area contributed by atoms with E-state index in [0.717, 1.165) is 42.6 Å². The van der Waals surface area contributed by atoms with Gasteiger partial charge in [-0.2, -0.15) is 9.97 Å². The van der Waals surface area contributed by atoms with E-state index in [4.69, 9.17) is 26.9 Å². The van der Waals surface area contributed by atoms with Crippen LogP contribution in [-0.4, -0.2) is 47.9 Å². The van der Waals surface area contributed by atoms with E-state index in [1.165, 1.54) is 44.9 Å². The molecule has 0 radical (unpaired) electrons. The molecular weight excluding hydrogens is 432 g/mol. The summed E-state index contributed by atoms with van der Waals surface area (Å²) in [5, 5.41) is 7.04. The number of thiocarbonyl (C=S) groups is 1. The number of hydrogen-bond acceptors (Lipinski definition) is 6. The topological polar surface area (TPSA) is 65.6 Å². The Kier molecular flexibility index (Phi) is 8.20. The predicted octanol–water partition coefficient (Wildman–Crippen LogP) is 4.73. The molecule has 178 valence electrons. The summed E-state index contributed by atoms with van der Waals surface area (Å²) in [4.78, 5) is 14.6. The van der Waals surface area contributed by atoms with Crippen molar-refractivity contribution in [3.05, 3.63) is 35.9 Å². The molecule has 1 aromatic carbocycles. The van der Waals surface area contributed by atoms with Gasteiger partial charge in [-0.1, -0.05) is 25.0 Å². The van der Waals surface area contributed by atoms with E-state index in [1.807, 2.05) is 24.3 Å². The first kappa shape index (κ1) is 23.5. The van der Waals surface area contributed by atoms with Gasteiger partial charge in [0, 0.05) is 38.3 Å². The van der Waals surface area contributed by atoms with Gasteiger partial charge in [0.05, 0.1) is 7.11 Å². The molecule has 0 amide bonds. The second kappa shape index (κ2) is 11.5. The van der Waals surface area contributed by atoms with Crippen LogP contribution in [0.1, 0.15) is 57.4 Å². The Labute approximate surface area is 202 Å². The maximum Gasteiger partial charge on any atom is 0.232 e. The van der Waals surface area contributed by atoms with Crippen LogP contribution in [0.2, 0.25) is 0 Å². The fourth-order valence-electron chi connectivity index (χ4n) is 4.60. The van der Waals surface area contributed by atoms with Crippen LogP contribution < -0.4 is 25.2 Å². The molecule has 2 aromatic rings. The zero-order chi connectivity index (χ0) is 23.0. The second-order valence-electron chi connectivity index (χ2n) is 9.00. The molecule has 2 N–H and O–H groups in total. The van der Waals surface area contributed by atoms with Crippen molar-refractivity contribution in [2.75, 3.05) is 41.9 Å². The maximum absolute atomic E-state index is 5.57. The minimum Gasteiger partial charge on any atom is -0.497 e. The van der Waals surface area contributed by atoms with Crippen LogP contribution in [0, 0.1) is 0 Å². The molecule has 33 heavy (non-hydrogen) atoms. The van der Waals surface area contributed by atoms with E-state index in [0.29, 0.717) is 23.6 Å². The molecule has 2 fully saturated rings. The monoisotopic (exact) mass is 468 g/mol. The van der Waals surface area contributed by atoms with Crippen LogP contribution in [0.5, 0.6) is 5.75 Å². The Hall–Kier alpha value is -2.61. The van der Waals surface area contributed by atoms with E-state index < -0.39 is 0 Å². The molecule has 0 spiro atoms. The molecule has 2 saturated heterocycles. The molecule has 1 aromatic heterocycles. The van der Waals surface area contributed by atoms with Crippen LogP contribution in [0.25, 0.3) is 0 Å². The number of ether oxygens (including phenoxy) is 1. The highest BCUT2D eigenvalue weighted by atomic mass is 32.1. The minimum absolute atomic E-state index is 0.485. The van der Waals surface area contributed by atoms with Crippen LogP contribution in [0.4, 0.5) is 17.6 Å². The Morgan fingerprint density at radius 2 is 1.70 bits per heavy atom. The van der Waals surface area contributed by atoms with Crippen molar-refractivity contribution in [2.24, 2.45) is 0 Å². The summed E-state index contributed by atoms with van der Waals surface area (Å²) < 4.78 is 5.23. The molecule has 8 heteroatoms. The van der Waals surface area contributed by atoms with Crippen LogP contribution in [0.3, 0.4) is 0 Å². The van der Waals surface area contributed by atoms with Gasteiger partial charge in [-0.25, -0.2) is 0 Å². The quantitative estimate of drug-likeness (QED) is 0.590. The first-order chi connectivity index (χ1) is 16.1. The average Bonchev–Trinajstić information content (AvgIpc) is 3.13. The largest absolute Gasteiger partial charge is 0.497 e. The van der Waals surface area contributed by atoms with Gasteiger partial charge in [0.15, 0.2) is 5.11 Å². The molecule has 2 aliphatic rings. The highest BCUT2D eigenvalue weighted by Crippen LogP contribution is 2.28. The normalized spacial score (nSPS) is 19.0. The lowest BCUT2D eigenvalue weighted by molar-refractivity contribution is 0.414. The summed E-state index contributed by atoms with van der Waals surface area (Å²) in [7, 11) is 1.67. The molecular formula is C25H36N6OS. The third-order valence-electron chi connectivity index (χ3n) is 6.56. The van der Waals surface area contributed by atoms with Gasteiger partial charge >= 0.3 is 0 Å². The molecule has 7 nitrogen and oxygen atoms in total. The summed E-state index contributed by atoms with van der Waals surface area (Å²) in [5.74, 6) is 3.41. The smallest absolute Gasteiger partial charge is 0.232 e. The minimum atomic E-state index is 0.485. The zero-order valence-corrected chi connectivity index (χ0v) is 20.7. The number of anilines is 3. The van der Waals surface area contributed by atoms with Crippen molar-refractivity contribution in [1.29, 1.82) is 0 Å². The Balaban J connectivity index is 1.49. The summed E-state index contributed by atoms with van der Waals surface area (Å²) in [6.45, 7) is 6.05. The number of benzene rings is 1. The molecule has 2 aliphatic heterocycles. The third kappa shape index (κ3) is 6.47. The number of piperidine rings is 1. The lowest BCUT2D eigenvalue weighted by Gasteiger charge is -2.35. The predicted molar refractivity (Wildman–Crippen MR) is 139 cm³/mol. The second-order valence-corrected chi connectivity index (χ2v) is 9.41. The summed E-state index contributed by atoms with van der Waals surface area (Å²) >= 11 is 5.57. The number of nitrogens with zero attached hydrogens (tertiary/aromatic N) is 4. The highest BCUT2D eigenvalue weighted by molar-refractivity contribution is 7.80. The number of hydrogen-bond donors (Lipinski definition) is 2. The van der Waals surface area contributed by atoms with Gasteiger partial charge in [-0.05, 0) is 68.9 Å². The molecule has 0 aliphatic carbocycles. The molecule has 4 rings (SSSR count). The first-order valence-electron chi connectivity index (χ1n) is 12.2. The first-order valence-corrected chi connectivity index (χ1v) is 12.6. The van der Waals surface area contributed by atoms with Gasteiger partial charge in [0.1, 0.15) is 17.4 Å². The Morgan fingerprint density at radius 1 is 1.00 bits per heavy atom. The Morgan fingerprint density at radius 3 is 2.39 bits per heavy atom. The van der Waals surface area contributed by atoms with E-state index in [-0.39, 0.29) is 0 Å². The summed E-state index contributed by atoms with van der Waals surface area (Å²) in [6, 6.07) is 10.6. The third-order valence-corrected chi connectivity index (χ3v) is 6.81. The standard InChI is InChI=1S/C25H36N6OS/c1-19-9-5-8-16-31(19)23-17-22(30-14-6-3-4-7-15-30)27-24(28-23)29-25(33)26-18-20-10-12-21(32-2)13-11-20/h10-13,17,19H,3-9,14-16,18H2,1-2H3,(H2,26,27,28,29,33)/t19-/m1/s1. The SMILES string of the molecule is COc1ccc(CNC(=S)Nc2nc(N3CCCCCC3)cc(N3CCCC[C@H]3C)n2)cc1. The van der Waals surface area contributed by atoms with Crippen LogP contribution in [-0.2, 0) is 6.54 Å². The molecule has 3 heterocycles. The number of aromatic nitrogens is 2. The van der Waals surface area contributed by atoms with Gasteiger partial charge in [-0.15, -0.1) is 0 Å². The van der Waals surface area contributed by atoms with Crippen molar-refractivity contribution < 1.29 is 4.74 Å². The lowest BCUT2D eigenvalue weighted by atomic mass is 10.0. The number of methoxy groups -OCH3 is 1. The summed E-state index contributed by atoms with van der Waals surface area (Å²) in [5.41, 5.74) is 1.13. The van der Waals surface area contributed by atoms with E-state index in [2.05, 4.69) is 33.4 Å². The van der Waals surface area contributed by atoms with Gasteiger partial charge in [0.2, 0.25) is 5.95 Å². The van der Waals surface area contributed by atoms with Gasteiger partial charge in [-0.3, -0.25) is 0 Å². The fourth-order valence-corrected chi connectivity index (χ4v) is 4.76. The summed E-state index contributed by atoms with van der Waals surface area (Å²) in [6.07, 6.45) is 8.70. The molecule has 1 atom stereocenters. The van der Waals surface area contributed by atoms with Crippen molar-refractivity contribution in [2.45, 2.75) is 64.5 Å². The van der Waals surface area contributed by atoms with E-state index >= 15 is 0 Å². The van der Waals surface area contributed by atoms with Crippen LogP contribution >= 0.6 is 12.2 Å². The van der Waals surface area contributed by atoms with E-state index in [9.17, 15) is 0 Å². The molecule has 0 bridgehead atoms. The van der Waals surface area contributed by atoms with Crippen molar-refractivity contribution in [1.82, 2.24) is 15.3 Å². The maximum atomic E-state index is 5.57. The van der Waals surface area contributed by atoms with Gasteiger partial charge in [0.25, 0.3) is 0 Å². The molecule has 0 saturated carbocycles. The Bertz CT molecular complexity index is 914. The average molecular weight is 469 g/mol. The van der Waals surface area contributed by atoms with Crippen molar-refractivity contribution in [3.8, 4) is 5.75 Å². The zero-order valence-electron chi connectivity index (χ0n) is 19.8. The molecule has 0 unspecified atom stereocenters. The number of rotatable bonds is 6. The highest BCUT2D eigenvalue weighted by Gasteiger charge is 2.22. The van der Waals surface area contributed by atoms with Crippen molar-refractivity contribution in [3.63, 3.8) is 0 Å². The lowest BCUT2D eigenvalue weighted by Crippen LogP contribution is -2.38. The van der Waals surface area contributed by atoms with Crippen molar-refractivity contribution >= 4 is 34.9 Å². The van der Waals surface area contributed by atoms with Crippen LogP contribution in [0.15, 0.2) is 30.3 Å².